The normalized spacial score (nSPS) is 9.95. The molecule has 4 heteroatoms. The molecule has 0 spiro atoms. The lowest BCUT2D eigenvalue weighted by molar-refractivity contribution is -0.122. The molecule has 0 aliphatic carbocycles. The molecule has 2 amide bonds. The lowest BCUT2D eigenvalue weighted by atomic mass is 10.0. The molecular weight excluding hydrogens is 264 g/mol. The van der Waals surface area contributed by atoms with Crippen LogP contribution in [0.3, 0.4) is 0 Å². The zero-order valence-corrected chi connectivity index (χ0v) is 11.9. The first-order valence-electron chi connectivity index (χ1n) is 6.81. The standard InChI is InChI=1S/C17H18N2O2/c1-13(20)18-12-17(21)19-16-10-6-5-9-15(16)11-14-7-3-2-4-8-14/h2-10H,11-12H2,1H3,(H,18,20)(H,19,21). The molecule has 0 aliphatic heterocycles. The highest BCUT2D eigenvalue weighted by molar-refractivity contribution is 5.94. The van der Waals surface area contributed by atoms with Gasteiger partial charge in [-0.05, 0) is 23.6 Å². The summed E-state index contributed by atoms with van der Waals surface area (Å²) in [5.41, 5.74) is 3.00. The number of hydrogen-bond donors (Lipinski definition) is 2. The third-order valence-electron chi connectivity index (χ3n) is 3.03. The quantitative estimate of drug-likeness (QED) is 0.884. The van der Waals surface area contributed by atoms with Crippen LogP contribution in [0, 0.1) is 0 Å². The molecule has 0 aromatic heterocycles. The van der Waals surface area contributed by atoms with E-state index in [1.165, 1.54) is 12.5 Å². The third kappa shape index (κ3) is 4.76. The van der Waals surface area contributed by atoms with E-state index >= 15 is 0 Å². The number of carbonyl (C=O) groups excluding carboxylic acids is 2. The fourth-order valence-corrected chi connectivity index (χ4v) is 2.01. The summed E-state index contributed by atoms with van der Waals surface area (Å²) in [5.74, 6) is -0.451. The summed E-state index contributed by atoms with van der Waals surface area (Å²) >= 11 is 0. The van der Waals surface area contributed by atoms with Gasteiger partial charge in [-0.2, -0.15) is 0 Å². The molecule has 0 aliphatic rings. The van der Waals surface area contributed by atoms with Gasteiger partial charge >= 0.3 is 0 Å². The summed E-state index contributed by atoms with van der Waals surface area (Å²) in [7, 11) is 0. The van der Waals surface area contributed by atoms with Gasteiger partial charge in [-0.15, -0.1) is 0 Å². The zero-order chi connectivity index (χ0) is 15.1. The van der Waals surface area contributed by atoms with Crippen molar-refractivity contribution in [2.24, 2.45) is 0 Å². The number of carbonyl (C=O) groups is 2. The van der Waals surface area contributed by atoms with E-state index in [1.807, 2.05) is 42.5 Å². The predicted molar refractivity (Wildman–Crippen MR) is 83.0 cm³/mol. The first-order valence-corrected chi connectivity index (χ1v) is 6.81. The van der Waals surface area contributed by atoms with Gasteiger partial charge in [-0.1, -0.05) is 48.5 Å². The Morgan fingerprint density at radius 2 is 1.62 bits per heavy atom. The van der Waals surface area contributed by atoms with E-state index in [0.717, 1.165) is 17.7 Å². The SMILES string of the molecule is CC(=O)NCC(=O)Nc1ccccc1Cc1ccccc1. The smallest absolute Gasteiger partial charge is 0.243 e. The first-order chi connectivity index (χ1) is 10.1. The molecule has 0 atom stereocenters. The van der Waals surface area contributed by atoms with E-state index in [1.54, 1.807) is 0 Å². The largest absolute Gasteiger partial charge is 0.347 e. The molecule has 2 rings (SSSR count). The Hall–Kier alpha value is -2.62. The van der Waals surface area contributed by atoms with E-state index in [4.69, 9.17) is 0 Å². The van der Waals surface area contributed by atoms with Crippen molar-refractivity contribution in [3.8, 4) is 0 Å². The highest BCUT2D eigenvalue weighted by atomic mass is 16.2. The molecule has 4 nitrogen and oxygen atoms in total. The lowest BCUT2D eigenvalue weighted by Gasteiger charge is -2.11. The van der Waals surface area contributed by atoms with Crippen LogP contribution < -0.4 is 10.6 Å². The molecule has 21 heavy (non-hydrogen) atoms. The van der Waals surface area contributed by atoms with Crippen LogP contribution in [-0.2, 0) is 16.0 Å². The minimum atomic E-state index is -0.231. The van der Waals surface area contributed by atoms with Gasteiger partial charge in [0, 0.05) is 12.6 Å². The predicted octanol–water partition coefficient (Wildman–Crippen LogP) is 2.35. The second kappa shape index (κ2) is 7.24. The minimum Gasteiger partial charge on any atom is -0.347 e. The molecule has 2 aromatic rings. The Morgan fingerprint density at radius 1 is 0.952 bits per heavy atom. The molecule has 0 saturated heterocycles. The maximum absolute atomic E-state index is 11.8. The first kappa shape index (κ1) is 14.8. The molecule has 0 radical (unpaired) electrons. The monoisotopic (exact) mass is 282 g/mol. The molecular formula is C17H18N2O2. The highest BCUT2D eigenvalue weighted by Gasteiger charge is 2.07. The van der Waals surface area contributed by atoms with Crippen LogP contribution in [-0.4, -0.2) is 18.4 Å². The summed E-state index contributed by atoms with van der Waals surface area (Å²) in [4.78, 5) is 22.6. The lowest BCUT2D eigenvalue weighted by Crippen LogP contribution is -2.31. The Labute approximate surface area is 124 Å². The van der Waals surface area contributed by atoms with Crippen LogP contribution in [0.1, 0.15) is 18.1 Å². The number of rotatable bonds is 5. The number of para-hydroxylation sites is 1. The fraction of sp³-hybridized carbons (Fsp3) is 0.176. The van der Waals surface area contributed by atoms with Gasteiger partial charge in [-0.25, -0.2) is 0 Å². The average molecular weight is 282 g/mol. The molecule has 0 fully saturated rings. The van der Waals surface area contributed by atoms with Crippen LogP contribution in [0.15, 0.2) is 54.6 Å². The third-order valence-corrected chi connectivity index (χ3v) is 3.03. The number of benzene rings is 2. The summed E-state index contributed by atoms with van der Waals surface area (Å²) in [6.07, 6.45) is 0.747. The summed E-state index contributed by atoms with van der Waals surface area (Å²) in [5, 5.41) is 5.32. The van der Waals surface area contributed by atoms with Crippen molar-refractivity contribution in [2.75, 3.05) is 11.9 Å². The molecule has 2 aromatic carbocycles. The van der Waals surface area contributed by atoms with Gasteiger partial charge in [-0.3, -0.25) is 9.59 Å². The highest BCUT2D eigenvalue weighted by Crippen LogP contribution is 2.18. The summed E-state index contributed by atoms with van der Waals surface area (Å²) < 4.78 is 0. The van der Waals surface area contributed by atoms with E-state index in [-0.39, 0.29) is 18.4 Å². The van der Waals surface area contributed by atoms with E-state index in [2.05, 4.69) is 22.8 Å². The maximum Gasteiger partial charge on any atom is 0.243 e. The molecule has 0 unspecified atom stereocenters. The Morgan fingerprint density at radius 3 is 2.33 bits per heavy atom. The van der Waals surface area contributed by atoms with Gasteiger partial charge in [0.2, 0.25) is 11.8 Å². The Balaban J connectivity index is 2.06. The van der Waals surface area contributed by atoms with Crippen molar-refractivity contribution in [3.63, 3.8) is 0 Å². The van der Waals surface area contributed by atoms with Crippen molar-refractivity contribution in [1.29, 1.82) is 0 Å². The molecule has 108 valence electrons. The van der Waals surface area contributed by atoms with Gasteiger partial charge in [0.15, 0.2) is 0 Å². The van der Waals surface area contributed by atoms with Gasteiger partial charge in [0.1, 0.15) is 0 Å². The van der Waals surface area contributed by atoms with Crippen LogP contribution in [0.25, 0.3) is 0 Å². The van der Waals surface area contributed by atoms with E-state index in [9.17, 15) is 9.59 Å². The molecule has 0 bridgehead atoms. The number of anilines is 1. The second-order valence-electron chi connectivity index (χ2n) is 4.78. The zero-order valence-electron chi connectivity index (χ0n) is 11.9. The maximum atomic E-state index is 11.8. The van der Waals surface area contributed by atoms with Crippen LogP contribution >= 0.6 is 0 Å². The average Bonchev–Trinajstić information content (AvgIpc) is 2.48. The number of hydrogen-bond acceptors (Lipinski definition) is 2. The molecule has 0 heterocycles. The number of nitrogens with one attached hydrogen (secondary N) is 2. The fourth-order valence-electron chi connectivity index (χ4n) is 2.01. The second-order valence-corrected chi connectivity index (χ2v) is 4.78. The van der Waals surface area contributed by atoms with Crippen LogP contribution in [0.5, 0.6) is 0 Å². The van der Waals surface area contributed by atoms with Crippen molar-refractivity contribution in [1.82, 2.24) is 5.32 Å². The Kier molecular flexibility index (Phi) is 5.10. The van der Waals surface area contributed by atoms with Crippen molar-refractivity contribution in [2.45, 2.75) is 13.3 Å². The molecule has 2 N–H and O–H groups in total. The van der Waals surface area contributed by atoms with Crippen molar-refractivity contribution < 1.29 is 9.59 Å². The van der Waals surface area contributed by atoms with Crippen molar-refractivity contribution >= 4 is 17.5 Å². The summed E-state index contributed by atoms with van der Waals surface area (Å²) in [6, 6.07) is 17.7. The van der Waals surface area contributed by atoms with E-state index < -0.39 is 0 Å². The van der Waals surface area contributed by atoms with Crippen molar-refractivity contribution in [3.05, 3.63) is 65.7 Å². The summed E-state index contributed by atoms with van der Waals surface area (Å²) in [6.45, 7) is 1.37. The topological polar surface area (TPSA) is 58.2 Å². The van der Waals surface area contributed by atoms with Gasteiger partial charge in [0.25, 0.3) is 0 Å². The van der Waals surface area contributed by atoms with Crippen LogP contribution in [0.4, 0.5) is 5.69 Å². The molecule has 0 saturated carbocycles. The van der Waals surface area contributed by atoms with Gasteiger partial charge < -0.3 is 10.6 Å². The van der Waals surface area contributed by atoms with Gasteiger partial charge in [0.05, 0.1) is 6.54 Å². The van der Waals surface area contributed by atoms with E-state index in [0.29, 0.717) is 0 Å². The number of amides is 2. The minimum absolute atomic E-state index is 0.0188. The van der Waals surface area contributed by atoms with Crippen LogP contribution in [0.2, 0.25) is 0 Å². The Bertz CT molecular complexity index is 624.